The van der Waals surface area contributed by atoms with E-state index in [2.05, 4.69) is 0 Å². The Morgan fingerprint density at radius 1 is 0.815 bits per heavy atom. The highest BCUT2D eigenvalue weighted by molar-refractivity contribution is 7.78. The van der Waals surface area contributed by atoms with Crippen molar-refractivity contribution in [3.8, 4) is 0 Å². The van der Waals surface area contributed by atoms with Crippen LogP contribution >= 0.6 is 7.14 Å². The zero-order chi connectivity index (χ0) is 19.1. The van der Waals surface area contributed by atoms with Crippen molar-refractivity contribution in [2.75, 3.05) is 12.8 Å². The van der Waals surface area contributed by atoms with Crippen LogP contribution in [0.2, 0.25) is 0 Å². The van der Waals surface area contributed by atoms with E-state index in [0.29, 0.717) is 11.7 Å². The fourth-order valence-corrected chi connectivity index (χ4v) is 6.08. The summed E-state index contributed by atoms with van der Waals surface area (Å²) in [6, 6.07) is 28.0. The molecule has 3 aromatic carbocycles. The summed E-state index contributed by atoms with van der Waals surface area (Å²) in [6.07, 6.45) is 0.448. The molecular formula is C23H23O3P. The first-order valence-corrected chi connectivity index (χ1v) is 10.9. The molecule has 0 radical (unpaired) electrons. The lowest BCUT2D eigenvalue weighted by molar-refractivity contribution is 0.0460. The summed E-state index contributed by atoms with van der Waals surface area (Å²) >= 11 is 0. The van der Waals surface area contributed by atoms with E-state index < -0.39 is 7.14 Å². The van der Waals surface area contributed by atoms with Gasteiger partial charge in [-0.15, -0.1) is 0 Å². The van der Waals surface area contributed by atoms with Crippen LogP contribution in [-0.4, -0.2) is 18.7 Å². The number of ether oxygens (including phenoxy) is 1. The number of carbonyl (C=O) groups is 1. The topological polar surface area (TPSA) is 43.4 Å². The van der Waals surface area contributed by atoms with Crippen molar-refractivity contribution in [1.82, 2.24) is 0 Å². The number of hydrogen-bond acceptors (Lipinski definition) is 3. The van der Waals surface area contributed by atoms with Crippen molar-refractivity contribution >= 4 is 23.7 Å². The maximum Gasteiger partial charge on any atom is 0.338 e. The highest BCUT2D eigenvalue weighted by atomic mass is 31.2. The van der Waals surface area contributed by atoms with E-state index in [0.717, 1.165) is 10.6 Å². The van der Waals surface area contributed by atoms with Gasteiger partial charge in [-0.2, -0.15) is 0 Å². The molecule has 138 valence electrons. The van der Waals surface area contributed by atoms with Crippen molar-refractivity contribution in [3.63, 3.8) is 0 Å². The quantitative estimate of drug-likeness (QED) is 0.449. The highest BCUT2D eigenvalue weighted by Crippen LogP contribution is 2.45. The lowest BCUT2D eigenvalue weighted by Crippen LogP contribution is -2.24. The number of benzene rings is 3. The molecule has 0 spiro atoms. The molecule has 3 nitrogen and oxygen atoms in total. The molecular weight excluding hydrogens is 355 g/mol. The van der Waals surface area contributed by atoms with Gasteiger partial charge in [0.1, 0.15) is 7.14 Å². The fourth-order valence-electron chi connectivity index (χ4n) is 3.06. The van der Waals surface area contributed by atoms with Gasteiger partial charge in [0.25, 0.3) is 0 Å². The SMILES string of the molecule is CC(COC(=O)c1ccccc1)CP(=O)(c1ccccc1)c1ccccc1. The zero-order valence-electron chi connectivity index (χ0n) is 15.3. The molecule has 3 rings (SSSR count). The summed E-state index contributed by atoms with van der Waals surface area (Å²) in [5, 5.41) is 1.66. The molecule has 3 aromatic rings. The summed E-state index contributed by atoms with van der Waals surface area (Å²) < 4.78 is 19.4. The standard InChI is InChI=1S/C23H23O3P/c1-19(17-26-23(24)20-11-5-2-6-12-20)18-27(25,21-13-7-3-8-14-21)22-15-9-4-10-16-22/h2-16,19H,17-18H2,1H3. The highest BCUT2D eigenvalue weighted by Gasteiger charge is 2.29. The zero-order valence-corrected chi connectivity index (χ0v) is 16.2. The second kappa shape index (κ2) is 8.83. The molecule has 0 saturated carbocycles. The first kappa shape index (κ1) is 19.1. The van der Waals surface area contributed by atoms with Crippen LogP contribution in [0.5, 0.6) is 0 Å². The third-order valence-electron chi connectivity index (χ3n) is 4.42. The summed E-state index contributed by atoms with van der Waals surface area (Å²) in [5.74, 6) is -0.388. The summed E-state index contributed by atoms with van der Waals surface area (Å²) in [5.41, 5.74) is 0.527. The van der Waals surface area contributed by atoms with Gasteiger partial charge in [0.05, 0.1) is 12.2 Å². The van der Waals surface area contributed by atoms with Gasteiger partial charge < -0.3 is 9.30 Å². The van der Waals surface area contributed by atoms with Crippen molar-refractivity contribution in [1.29, 1.82) is 0 Å². The van der Waals surface area contributed by atoms with Crippen LogP contribution in [0.25, 0.3) is 0 Å². The Labute approximate surface area is 160 Å². The first-order chi connectivity index (χ1) is 13.1. The van der Waals surface area contributed by atoms with Crippen LogP contribution in [0.1, 0.15) is 17.3 Å². The minimum atomic E-state index is -2.80. The maximum atomic E-state index is 14.0. The van der Waals surface area contributed by atoms with Gasteiger partial charge >= 0.3 is 5.97 Å². The van der Waals surface area contributed by atoms with E-state index >= 15 is 0 Å². The lowest BCUT2D eigenvalue weighted by atomic mass is 10.2. The minimum Gasteiger partial charge on any atom is -0.462 e. The molecule has 27 heavy (non-hydrogen) atoms. The van der Waals surface area contributed by atoms with Crippen molar-refractivity contribution in [2.24, 2.45) is 5.92 Å². The molecule has 0 aliphatic heterocycles. The largest absolute Gasteiger partial charge is 0.462 e. The Morgan fingerprint density at radius 2 is 1.26 bits per heavy atom. The number of rotatable bonds is 7. The van der Waals surface area contributed by atoms with Gasteiger partial charge in [0, 0.05) is 16.8 Å². The van der Waals surface area contributed by atoms with Crippen LogP contribution in [0.4, 0.5) is 0 Å². The van der Waals surface area contributed by atoms with Gasteiger partial charge in [0.2, 0.25) is 0 Å². The van der Waals surface area contributed by atoms with E-state index in [-0.39, 0.29) is 18.5 Å². The predicted octanol–water partition coefficient (Wildman–Crippen LogP) is 4.49. The van der Waals surface area contributed by atoms with Crippen molar-refractivity contribution < 1.29 is 14.1 Å². The van der Waals surface area contributed by atoms with Crippen LogP contribution in [-0.2, 0) is 9.30 Å². The normalized spacial score (nSPS) is 12.3. The Morgan fingerprint density at radius 3 is 1.74 bits per heavy atom. The van der Waals surface area contributed by atoms with Crippen LogP contribution in [0, 0.1) is 5.92 Å². The molecule has 0 aliphatic rings. The van der Waals surface area contributed by atoms with Crippen molar-refractivity contribution in [3.05, 3.63) is 96.6 Å². The fraction of sp³-hybridized carbons (Fsp3) is 0.174. The van der Waals surface area contributed by atoms with Crippen molar-refractivity contribution in [2.45, 2.75) is 6.92 Å². The van der Waals surface area contributed by atoms with Crippen LogP contribution in [0.3, 0.4) is 0 Å². The molecule has 0 heterocycles. The van der Waals surface area contributed by atoms with Crippen LogP contribution in [0.15, 0.2) is 91.0 Å². The van der Waals surface area contributed by atoms with E-state index in [4.69, 9.17) is 4.74 Å². The molecule has 0 N–H and O–H groups in total. The second-order valence-corrected chi connectivity index (χ2v) is 9.54. The molecule has 0 bridgehead atoms. The molecule has 0 fully saturated rings. The van der Waals surface area contributed by atoms with E-state index in [1.807, 2.05) is 73.7 Å². The second-order valence-electron chi connectivity index (χ2n) is 6.66. The molecule has 0 aliphatic carbocycles. The number of carbonyl (C=O) groups excluding carboxylic acids is 1. The smallest absolute Gasteiger partial charge is 0.338 e. The van der Waals surface area contributed by atoms with Gasteiger partial charge in [-0.1, -0.05) is 85.8 Å². The first-order valence-electron chi connectivity index (χ1n) is 9.02. The molecule has 0 amide bonds. The molecule has 0 saturated heterocycles. The average molecular weight is 378 g/mol. The Hall–Kier alpha value is -2.64. The number of hydrogen-bond donors (Lipinski definition) is 0. The lowest BCUT2D eigenvalue weighted by Gasteiger charge is -2.23. The van der Waals surface area contributed by atoms with Gasteiger partial charge in [-0.3, -0.25) is 0 Å². The third kappa shape index (κ3) is 4.75. The van der Waals surface area contributed by atoms with E-state index in [9.17, 15) is 9.36 Å². The number of esters is 1. The summed E-state index contributed by atoms with van der Waals surface area (Å²) in [7, 11) is -2.80. The Kier molecular flexibility index (Phi) is 6.26. The van der Waals surface area contributed by atoms with E-state index in [1.54, 1.807) is 24.3 Å². The monoisotopic (exact) mass is 378 g/mol. The molecule has 4 heteroatoms. The van der Waals surface area contributed by atoms with Crippen LogP contribution < -0.4 is 10.6 Å². The molecule has 1 atom stereocenters. The Balaban J connectivity index is 1.75. The molecule has 1 unspecified atom stereocenters. The average Bonchev–Trinajstić information content (AvgIpc) is 2.74. The third-order valence-corrected chi connectivity index (χ3v) is 7.83. The Bertz CT molecular complexity index is 865. The molecule has 0 aromatic heterocycles. The van der Waals surface area contributed by atoms with Gasteiger partial charge in [-0.25, -0.2) is 4.79 Å². The van der Waals surface area contributed by atoms with Gasteiger partial charge in [-0.05, 0) is 18.1 Å². The summed E-state index contributed by atoms with van der Waals surface area (Å²) in [4.78, 5) is 12.2. The van der Waals surface area contributed by atoms with Gasteiger partial charge in [0.15, 0.2) is 0 Å². The maximum absolute atomic E-state index is 14.0. The minimum absolute atomic E-state index is 0.0380. The predicted molar refractivity (Wildman–Crippen MR) is 111 cm³/mol. The van der Waals surface area contributed by atoms with E-state index in [1.165, 1.54) is 0 Å². The summed E-state index contributed by atoms with van der Waals surface area (Å²) in [6.45, 7) is 2.20.